The van der Waals surface area contributed by atoms with Crippen LogP contribution in [0.15, 0.2) is 60.8 Å². The van der Waals surface area contributed by atoms with E-state index in [9.17, 15) is 14.0 Å². The minimum absolute atomic E-state index is 0.220. The molecule has 3 amide bonds. The standard InChI is InChI=1S/C21H16ClFN4O3/c22-18-7-3-14(27-10-9-24-21(27)29)11-17(18)20(28)26-19-8-6-16(12-25-19)30-15-4-1-13(23)2-5-15/h1-8,11-12H,9-10H2,(H,24,29)(H,25,26,28). The molecule has 4 rings (SSSR count). The van der Waals surface area contributed by atoms with Gasteiger partial charge in [-0.15, -0.1) is 0 Å². The molecule has 2 N–H and O–H groups in total. The van der Waals surface area contributed by atoms with Crippen molar-refractivity contribution in [2.45, 2.75) is 0 Å². The number of hydrogen-bond acceptors (Lipinski definition) is 4. The van der Waals surface area contributed by atoms with Crippen LogP contribution in [0.25, 0.3) is 0 Å². The van der Waals surface area contributed by atoms with Crippen molar-refractivity contribution in [3.05, 3.63) is 77.2 Å². The van der Waals surface area contributed by atoms with E-state index in [0.29, 0.717) is 36.1 Å². The number of carbonyl (C=O) groups excluding carboxylic acids is 2. The summed E-state index contributed by atoms with van der Waals surface area (Å²) in [6.45, 7) is 1.05. The number of halogens is 2. The van der Waals surface area contributed by atoms with Crippen LogP contribution >= 0.6 is 11.6 Å². The number of anilines is 2. The molecule has 0 bridgehead atoms. The summed E-state index contributed by atoms with van der Waals surface area (Å²) >= 11 is 6.18. The van der Waals surface area contributed by atoms with Gasteiger partial charge in [0.1, 0.15) is 23.1 Å². The summed E-state index contributed by atoms with van der Waals surface area (Å²) in [5, 5.41) is 5.63. The van der Waals surface area contributed by atoms with E-state index in [1.165, 1.54) is 35.4 Å². The van der Waals surface area contributed by atoms with Gasteiger partial charge >= 0.3 is 6.03 Å². The van der Waals surface area contributed by atoms with Crippen LogP contribution in [-0.4, -0.2) is 30.0 Å². The quantitative estimate of drug-likeness (QED) is 0.631. The van der Waals surface area contributed by atoms with Crippen molar-refractivity contribution in [1.82, 2.24) is 10.3 Å². The molecule has 152 valence electrons. The molecule has 3 aromatic rings. The van der Waals surface area contributed by atoms with Crippen LogP contribution < -0.4 is 20.3 Å². The molecule has 1 aromatic heterocycles. The van der Waals surface area contributed by atoms with E-state index in [1.54, 1.807) is 30.3 Å². The molecule has 9 heteroatoms. The van der Waals surface area contributed by atoms with Gasteiger partial charge < -0.3 is 15.4 Å². The zero-order chi connectivity index (χ0) is 21.1. The van der Waals surface area contributed by atoms with Gasteiger partial charge in [-0.3, -0.25) is 9.69 Å². The molecule has 30 heavy (non-hydrogen) atoms. The minimum atomic E-state index is -0.457. The predicted octanol–water partition coefficient (Wildman–Crippen LogP) is 4.45. The third-order valence-electron chi connectivity index (χ3n) is 4.39. The van der Waals surface area contributed by atoms with E-state index in [2.05, 4.69) is 15.6 Å². The number of ether oxygens (including phenoxy) is 1. The Balaban J connectivity index is 1.46. The van der Waals surface area contributed by atoms with Gasteiger partial charge in [0.15, 0.2) is 0 Å². The van der Waals surface area contributed by atoms with Crippen LogP contribution in [0.1, 0.15) is 10.4 Å². The van der Waals surface area contributed by atoms with E-state index in [0.717, 1.165) is 0 Å². The maximum absolute atomic E-state index is 13.0. The van der Waals surface area contributed by atoms with E-state index in [1.807, 2.05) is 0 Å². The molecule has 1 fully saturated rings. The van der Waals surface area contributed by atoms with Crippen molar-refractivity contribution in [2.75, 3.05) is 23.3 Å². The van der Waals surface area contributed by atoms with Crippen molar-refractivity contribution in [2.24, 2.45) is 0 Å². The first kappa shape index (κ1) is 19.7. The Morgan fingerprint density at radius 3 is 2.57 bits per heavy atom. The van der Waals surface area contributed by atoms with Gasteiger partial charge in [0, 0.05) is 18.8 Å². The first-order chi connectivity index (χ1) is 14.5. The predicted molar refractivity (Wildman–Crippen MR) is 111 cm³/mol. The number of pyridine rings is 1. The Morgan fingerprint density at radius 2 is 1.90 bits per heavy atom. The molecule has 1 saturated heterocycles. The van der Waals surface area contributed by atoms with Crippen molar-refractivity contribution in [1.29, 1.82) is 0 Å². The van der Waals surface area contributed by atoms with Crippen molar-refractivity contribution in [3.8, 4) is 11.5 Å². The van der Waals surface area contributed by atoms with Crippen molar-refractivity contribution < 1.29 is 18.7 Å². The minimum Gasteiger partial charge on any atom is -0.456 e. The highest BCUT2D eigenvalue weighted by molar-refractivity contribution is 6.34. The SMILES string of the molecule is O=C(Nc1ccc(Oc2ccc(F)cc2)cn1)c1cc(N2CCNC2=O)ccc1Cl. The lowest BCUT2D eigenvalue weighted by Crippen LogP contribution is -2.28. The third-order valence-corrected chi connectivity index (χ3v) is 4.72. The molecule has 2 heterocycles. The van der Waals surface area contributed by atoms with Crippen LogP contribution in [-0.2, 0) is 0 Å². The van der Waals surface area contributed by atoms with Gasteiger partial charge in [0.25, 0.3) is 5.91 Å². The Bertz CT molecular complexity index is 1090. The summed E-state index contributed by atoms with van der Waals surface area (Å²) in [5.74, 6) is 0.379. The molecule has 0 atom stereocenters. The summed E-state index contributed by atoms with van der Waals surface area (Å²) in [6, 6.07) is 13.4. The second-order valence-corrected chi connectivity index (χ2v) is 6.84. The Morgan fingerprint density at radius 1 is 1.13 bits per heavy atom. The second-order valence-electron chi connectivity index (χ2n) is 6.44. The molecule has 0 radical (unpaired) electrons. The molecule has 0 spiro atoms. The fraction of sp³-hybridized carbons (Fsp3) is 0.0952. The fourth-order valence-electron chi connectivity index (χ4n) is 2.91. The molecule has 1 aliphatic heterocycles. The number of urea groups is 1. The third kappa shape index (κ3) is 4.33. The van der Waals surface area contributed by atoms with Gasteiger partial charge in [0.05, 0.1) is 16.8 Å². The van der Waals surface area contributed by atoms with Crippen molar-refractivity contribution in [3.63, 3.8) is 0 Å². The lowest BCUT2D eigenvalue weighted by molar-refractivity contribution is 0.102. The number of hydrogen-bond donors (Lipinski definition) is 2. The van der Waals surface area contributed by atoms with E-state index >= 15 is 0 Å². The smallest absolute Gasteiger partial charge is 0.321 e. The Hall–Kier alpha value is -3.65. The number of nitrogens with zero attached hydrogens (tertiary/aromatic N) is 2. The number of benzene rings is 2. The Labute approximate surface area is 176 Å². The van der Waals surface area contributed by atoms with Crippen molar-refractivity contribution >= 4 is 35.0 Å². The van der Waals surface area contributed by atoms with Crippen LogP contribution in [0.5, 0.6) is 11.5 Å². The van der Waals surface area contributed by atoms with E-state index < -0.39 is 5.91 Å². The maximum Gasteiger partial charge on any atom is 0.321 e. The average molecular weight is 427 g/mol. The number of rotatable bonds is 5. The van der Waals surface area contributed by atoms with E-state index in [-0.39, 0.29) is 22.4 Å². The van der Waals surface area contributed by atoms with Gasteiger partial charge in [-0.25, -0.2) is 14.2 Å². The van der Waals surface area contributed by atoms with Crippen LogP contribution in [0.2, 0.25) is 5.02 Å². The fourth-order valence-corrected chi connectivity index (χ4v) is 3.11. The molecule has 2 aromatic carbocycles. The zero-order valence-electron chi connectivity index (χ0n) is 15.6. The molecule has 1 aliphatic rings. The number of carbonyl (C=O) groups is 2. The van der Waals surface area contributed by atoms with Gasteiger partial charge in [-0.1, -0.05) is 11.6 Å². The zero-order valence-corrected chi connectivity index (χ0v) is 16.3. The maximum atomic E-state index is 13.0. The molecule has 0 saturated carbocycles. The summed E-state index contributed by atoms with van der Waals surface area (Å²) in [5.41, 5.74) is 0.804. The topological polar surface area (TPSA) is 83.6 Å². The lowest BCUT2D eigenvalue weighted by atomic mass is 10.1. The lowest BCUT2D eigenvalue weighted by Gasteiger charge is -2.16. The molecule has 0 aliphatic carbocycles. The number of amides is 3. The average Bonchev–Trinajstić information content (AvgIpc) is 3.17. The van der Waals surface area contributed by atoms with E-state index in [4.69, 9.17) is 16.3 Å². The molecule has 0 unspecified atom stereocenters. The van der Waals surface area contributed by atoms with Crippen LogP contribution in [0.4, 0.5) is 20.7 Å². The van der Waals surface area contributed by atoms with Crippen LogP contribution in [0, 0.1) is 5.82 Å². The molecular formula is C21H16ClFN4O3. The largest absolute Gasteiger partial charge is 0.456 e. The highest BCUT2D eigenvalue weighted by Gasteiger charge is 2.23. The summed E-state index contributed by atoms with van der Waals surface area (Å²) in [4.78, 5) is 30.2. The number of nitrogens with one attached hydrogen (secondary N) is 2. The Kier molecular flexibility index (Phi) is 5.49. The first-order valence-electron chi connectivity index (χ1n) is 9.05. The van der Waals surface area contributed by atoms with Gasteiger partial charge in [0.2, 0.25) is 0 Å². The first-order valence-corrected chi connectivity index (χ1v) is 9.43. The molecular weight excluding hydrogens is 411 g/mol. The highest BCUT2D eigenvalue weighted by atomic mass is 35.5. The van der Waals surface area contributed by atoms with Crippen LogP contribution in [0.3, 0.4) is 0 Å². The normalized spacial score (nSPS) is 13.1. The summed E-state index contributed by atoms with van der Waals surface area (Å²) in [7, 11) is 0. The number of aromatic nitrogens is 1. The monoisotopic (exact) mass is 426 g/mol. The van der Waals surface area contributed by atoms with Gasteiger partial charge in [-0.2, -0.15) is 0 Å². The summed E-state index contributed by atoms with van der Waals surface area (Å²) in [6.07, 6.45) is 1.44. The second kappa shape index (κ2) is 8.38. The highest BCUT2D eigenvalue weighted by Crippen LogP contribution is 2.26. The molecule has 7 nitrogen and oxygen atoms in total. The van der Waals surface area contributed by atoms with Gasteiger partial charge in [-0.05, 0) is 54.6 Å². The summed E-state index contributed by atoms with van der Waals surface area (Å²) < 4.78 is 18.5.